The van der Waals surface area contributed by atoms with Gasteiger partial charge in [-0.3, -0.25) is 14.6 Å². The number of carbonyl (C=O) groups excluding carboxylic acids is 1. The molecule has 0 heterocycles. The second-order valence-electron chi connectivity index (χ2n) is 8.05. The van der Waals surface area contributed by atoms with Crippen LogP contribution in [0.2, 0.25) is 0 Å². The molecule has 0 amide bonds. The number of nitrogens with zero attached hydrogens (tertiary/aromatic N) is 1. The number of aliphatic hydroxyl groups excluding tert-OH is 1. The van der Waals surface area contributed by atoms with Gasteiger partial charge >= 0.3 is 5.97 Å². The molecule has 3 aromatic carbocycles. The number of carboxylic acid groups (broad SMARTS) is 1. The number of hydrogen-bond donors (Lipinski definition) is 2. The van der Waals surface area contributed by atoms with E-state index in [0.29, 0.717) is 12.1 Å². The molecular weight excluding hydrogens is 402 g/mol. The number of aliphatic hydroxyl groups is 1. The Morgan fingerprint density at radius 2 is 1.62 bits per heavy atom. The molecule has 1 fully saturated rings. The van der Waals surface area contributed by atoms with Gasteiger partial charge in [-0.2, -0.15) is 0 Å². The van der Waals surface area contributed by atoms with Crippen LogP contribution in [-0.2, 0) is 16.0 Å². The highest BCUT2D eigenvalue weighted by molar-refractivity contribution is 6.24. The van der Waals surface area contributed by atoms with E-state index in [1.54, 1.807) is 0 Å². The lowest BCUT2D eigenvalue weighted by molar-refractivity contribution is -0.136. The summed E-state index contributed by atoms with van der Waals surface area (Å²) in [4.78, 5) is 28.6. The normalized spacial score (nSPS) is 19.3. The first kappa shape index (κ1) is 21.5. The fraction of sp³-hybridized carbons (Fsp3) is 0.222. The van der Waals surface area contributed by atoms with Crippen molar-refractivity contribution in [3.05, 3.63) is 95.3 Å². The number of Topliss-reactive ketones (excluding diaryl/α,β-unsaturated/α-hetero) is 1. The van der Waals surface area contributed by atoms with Crippen molar-refractivity contribution in [2.45, 2.75) is 31.6 Å². The predicted molar refractivity (Wildman–Crippen MR) is 125 cm³/mol. The summed E-state index contributed by atoms with van der Waals surface area (Å²) in [6.45, 7) is 0.0739. The molecule has 1 aliphatic rings. The van der Waals surface area contributed by atoms with Crippen LogP contribution < -0.4 is 0 Å². The summed E-state index contributed by atoms with van der Waals surface area (Å²) in [5.74, 6) is -1.15. The second kappa shape index (κ2) is 9.60. The van der Waals surface area contributed by atoms with Crippen LogP contribution in [0.5, 0.6) is 0 Å². The van der Waals surface area contributed by atoms with Crippen molar-refractivity contribution in [1.29, 1.82) is 0 Å². The van der Waals surface area contributed by atoms with Gasteiger partial charge in [-0.05, 0) is 34.2 Å². The van der Waals surface area contributed by atoms with Crippen LogP contribution in [-0.4, -0.2) is 34.2 Å². The van der Waals surface area contributed by atoms with E-state index in [0.717, 1.165) is 21.9 Å². The lowest BCUT2D eigenvalue weighted by atomic mass is 9.78. The van der Waals surface area contributed by atoms with Gasteiger partial charge in [-0.1, -0.05) is 72.8 Å². The molecule has 0 aliphatic heterocycles. The number of carbonyl (C=O) groups is 2. The van der Waals surface area contributed by atoms with E-state index in [1.807, 2.05) is 72.8 Å². The number of benzene rings is 3. The lowest BCUT2D eigenvalue weighted by Gasteiger charge is -2.26. The van der Waals surface area contributed by atoms with Gasteiger partial charge in [0, 0.05) is 25.1 Å². The van der Waals surface area contributed by atoms with Gasteiger partial charge in [0.25, 0.3) is 0 Å². The molecule has 0 radical (unpaired) electrons. The van der Waals surface area contributed by atoms with Crippen LogP contribution >= 0.6 is 0 Å². The average molecular weight is 428 g/mol. The Balaban J connectivity index is 1.69. The molecule has 5 heteroatoms. The molecule has 3 aromatic rings. The average Bonchev–Trinajstić information content (AvgIpc) is 2.79. The Bertz CT molecular complexity index is 1210. The van der Waals surface area contributed by atoms with Gasteiger partial charge < -0.3 is 10.2 Å². The smallest absolute Gasteiger partial charge is 0.305 e. The third-order valence-corrected chi connectivity index (χ3v) is 5.86. The molecule has 32 heavy (non-hydrogen) atoms. The maximum Gasteiger partial charge on any atom is 0.305 e. The van der Waals surface area contributed by atoms with E-state index in [1.165, 1.54) is 0 Å². The molecule has 1 saturated carbocycles. The molecule has 0 saturated heterocycles. The minimum Gasteiger partial charge on any atom is -0.511 e. The number of hydrogen-bond acceptors (Lipinski definition) is 4. The van der Waals surface area contributed by atoms with Crippen molar-refractivity contribution in [2.24, 2.45) is 4.99 Å². The number of aliphatic imine (C=N–C) groups is 1. The first-order valence-corrected chi connectivity index (χ1v) is 10.8. The van der Waals surface area contributed by atoms with Gasteiger partial charge in [-0.25, -0.2) is 0 Å². The molecule has 4 rings (SSSR count). The Morgan fingerprint density at radius 3 is 2.41 bits per heavy atom. The quantitative estimate of drug-likeness (QED) is 0.415. The van der Waals surface area contributed by atoms with E-state index in [2.05, 4.69) is 4.99 Å². The maximum absolute atomic E-state index is 13.2. The third kappa shape index (κ3) is 4.78. The first-order valence-electron chi connectivity index (χ1n) is 10.8. The van der Waals surface area contributed by atoms with Crippen molar-refractivity contribution < 1.29 is 19.8 Å². The SMILES string of the molecule is O=C(O)CCN=C1CC(c2ccccc2)CC(=O)/C1=C(/O)Cc1cccc2ccccc12. The largest absolute Gasteiger partial charge is 0.511 e. The van der Waals surface area contributed by atoms with E-state index < -0.39 is 5.97 Å². The monoisotopic (exact) mass is 427 g/mol. The molecule has 0 aromatic heterocycles. The van der Waals surface area contributed by atoms with Crippen molar-refractivity contribution in [3.8, 4) is 0 Å². The highest BCUT2D eigenvalue weighted by atomic mass is 16.4. The van der Waals surface area contributed by atoms with Crippen LogP contribution in [0.4, 0.5) is 0 Å². The van der Waals surface area contributed by atoms with Gasteiger partial charge in [0.05, 0.1) is 12.0 Å². The molecule has 1 aliphatic carbocycles. The van der Waals surface area contributed by atoms with E-state index >= 15 is 0 Å². The minimum absolute atomic E-state index is 0.00746. The molecule has 0 bridgehead atoms. The Morgan fingerprint density at radius 1 is 0.906 bits per heavy atom. The molecule has 1 atom stereocenters. The van der Waals surface area contributed by atoms with Crippen LogP contribution in [0.15, 0.2) is 89.1 Å². The van der Waals surface area contributed by atoms with Crippen molar-refractivity contribution in [2.75, 3.05) is 6.54 Å². The van der Waals surface area contributed by atoms with Crippen LogP contribution in [0.1, 0.15) is 36.3 Å². The summed E-state index contributed by atoms with van der Waals surface area (Å²) in [6, 6.07) is 23.6. The zero-order valence-electron chi connectivity index (χ0n) is 17.7. The summed E-state index contributed by atoms with van der Waals surface area (Å²) >= 11 is 0. The van der Waals surface area contributed by atoms with Crippen molar-refractivity contribution >= 4 is 28.2 Å². The number of aliphatic carboxylic acids is 1. The van der Waals surface area contributed by atoms with Gasteiger partial charge in [-0.15, -0.1) is 0 Å². The minimum atomic E-state index is -0.943. The number of carboxylic acids is 1. The molecular formula is C27H25NO4. The molecule has 2 N–H and O–H groups in total. The van der Waals surface area contributed by atoms with Gasteiger partial charge in [0.2, 0.25) is 0 Å². The van der Waals surface area contributed by atoms with Crippen molar-refractivity contribution in [3.63, 3.8) is 0 Å². The summed E-state index contributed by atoms with van der Waals surface area (Å²) in [5, 5.41) is 22.1. The lowest BCUT2D eigenvalue weighted by Crippen LogP contribution is -2.27. The number of ketones is 1. The predicted octanol–water partition coefficient (Wildman–Crippen LogP) is 5.26. The van der Waals surface area contributed by atoms with E-state index in [4.69, 9.17) is 5.11 Å². The van der Waals surface area contributed by atoms with Crippen LogP contribution in [0.25, 0.3) is 10.8 Å². The number of allylic oxidation sites excluding steroid dienone is 2. The van der Waals surface area contributed by atoms with Gasteiger partial charge in [0.1, 0.15) is 5.76 Å². The summed E-state index contributed by atoms with van der Waals surface area (Å²) in [7, 11) is 0. The summed E-state index contributed by atoms with van der Waals surface area (Å²) < 4.78 is 0. The number of rotatable bonds is 6. The Kier molecular flexibility index (Phi) is 6.45. The zero-order valence-corrected chi connectivity index (χ0v) is 17.7. The Labute approximate surface area is 186 Å². The fourth-order valence-corrected chi connectivity index (χ4v) is 4.33. The summed E-state index contributed by atoms with van der Waals surface area (Å²) in [5.41, 5.74) is 2.71. The maximum atomic E-state index is 13.2. The second-order valence-corrected chi connectivity index (χ2v) is 8.05. The molecule has 5 nitrogen and oxygen atoms in total. The van der Waals surface area contributed by atoms with E-state index in [-0.39, 0.29) is 48.8 Å². The standard InChI is InChI=1S/C27H25NO4/c29-24(16-20-11-6-10-19-9-4-5-12-22(19)20)27-23(28-14-13-26(31)32)15-21(17-25(27)30)18-7-2-1-3-8-18/h1-12,21,29H,13-17H2,(H,31,32)/b27-24+,28-23?. The first-order chi connectivity index (χ1) is 15.5. The fourth-order valence-electron chi connectivity index (χ4n) is 4.33. The van der Waals surface area contributed by atoms with Gasteiger partial charge in [0.15, 0.2) is 5.78 Å². The number of fused-ring (bicyclic) bond motifs is 1. The highest BCUT2D eigenvalue weighted by Gasteiger charge is 2.32. The van der Waals surface area contributed by atoms with Crippen molar-refractivity contribution in [1.82, 2.24) is 0 Å². The Hall–Kier alpha value is -3.73. The van der Waals surface area contributed by atoms with E-state index in [9.17, 15) is 14.7 Å². The molecule has 162 valence electrons. The molecule has 0 spiro atoms. The molecule has 1 unspecified atom stereocenters. The topological polar surface area (TPSA) is 87.0 Å². The van der Waals surface area contributed by atoms with Crippen LogP contribution in [0, 0.1) is 0 Å². The third-order valence-electron chi connectivity index (χ3n) is 5.86. The zero-order chi connectivity index (χ0) is 22.5. The highest BCUT2D eigenvalue weighted by Crippen LogP contribution is 2.34. The summed E-state index contributed by atoms with van der Waals surface area (Å²) in [6.07, 6.45) is 0.878. The van der Waals surface area contributed by atoms with Crippen LogP contribution in [0.3, 0.4) is 0 Å².